The van der Waals surface area contributed by atoms with Crippen molar-refractivity contribution in [2.24, 2.45) is 0 Å². The third-order valence-corrected chi connectivity index (χ3v) is 13.0. The molecule has 10 aromatic rings. The molecule has 0 bridgehead atoms. The largest absolute Gasteiger partial charge is 0.278 e. The number of fused-ring (bicyclic) bond motifs is 11. The van der Waals surface area contributed by atoms with Gasteiger partial charge in [0, 0.05) is 61.6 Å². The highest BCUT2D eigenvalue weighted by Crippen LogP contribution is 2.50. The lowest BCUT2D eigenvalue weighted by atomic mass is 9.94. The number of thiophene rings is 2. The molecule has 0 unspecified atom stereocenters. The summed E-state index contributed by atoms with van der Waals surface area (Å²) < 4.78 is 7.83. The molecule has 0 spiro atoms. The fourth-order valence-electron chi connectivity index (χ4n) is 7.43. The number of hydrogen-bond acceptors (Lipinski definition) is 3. The van der Waals surface area contributed by atoms with Crippen LogP contribution in [0.3, 0.4) is 0 Å². The second-order valence-corrected chi connectivity index (χ2v) is 15.3. The van der Waals surface area contributed by atoms with Gasteiger partial charge in [-0.25, -0.2) is 0 Å². The minimum Gasteiger partial charge on any atom is -0.278 e. The highest BCUT2D eigenvalue weighted by atomic mass is 32.2. The predicted molar refractivity (Wildman–Crippen MR) is 203 cm³/mol. The molecule has 1 nitrogen and oxygen atoms in total. The maximum Gasteiger partial charge on any atom is 0.0687 e. The molecule has 1 aliphatic rings. The molecular formula is C42H23NS3. The highest BCUT2D eigenvalue weighted by Gasteiger charge is 2.24. The van der Waals surface area contributed by atoms with Crippen molar-refractivity contribution in [3.8, 4) is 33.4 Å². The second kappa shape index (κ2) is 9.34. The number of aromatic nitrogens is 1. The van der Waals surface area contributed by atoms with E-state index in [4.69, 9.17) is 0 Å². The molecule has 46 heavy (non-hydrogen) atoms. The molecule has 0 amide bonds. The first-order chi connectivity index (χ1) is 22.8. The number of benzene rings is 7. The van der Waals surface area contributed by atoms with Crippen LogP contribution >= 0.6 is 34.6 Å². The van der Waals surface area contributed by atoms with E-state index in [1.165, 1.54) is 100 Å². The lowest BCUT2D eigenvalue weighted by Crippen LogP contribution is -1.97. The van der Waals surface area contributed by atoms with Crippen LogP contribution in [0, 0.1) is 0 Å². The normalized spacial score (nSPS) is 12.7. The zero-order chi connectivity index (χ0) is 29.9. The fraction of sp³-hybridized carbons (Fsp3) is 0. The van der Waals surface area contributed by atoms with E-state index >= 15 is 0 Å². The Morgan fingerprint density at radius 2 is 0.913 bits per heavy atom. The second-order valence-electron chi connectivity index (χ2n) is 12.2. The van der Waals surface area contributed by atoms with Gasteiger partial charge in [0.05, 0.1) is 11.0 Å². The van der Waals surface area contributed by atoms with Crippen LogP contribution in [0.4, 0.5) is 0 Å². The molecule has 1 aliphatic heterocycles. The standard InChI is InChI=1S/C42H23NS3/c1-4-10-37-28(7-1)32-20-25(14-17-39(32)44-37)24-13-16-36-31(19-24)35-23-27(22-34-30-9-3-6-12-41(30)46-43(36)42(34)35)26-15-18-40-33(21-26)29-8-2-5-11-38(29)45-40/h1-23H. The number of nitrogens with zero attached hydrogens (tertiary/aromatic N) is 1. The monoisotopic (exact) mass is 637 g/mol. The van der Waals surface area contributed by atoms with Gasteiger partial charge in [0.15, 0.2) is 0 Å². The Labute approximate surface area is 277 Å². The molecule has 214 valence electrons. The lowest BCUT2D eigenvalue weighted by Gasteiger charge is -2.20. The zero-order valence-corrected chi connectivity index (χ0v) is 26.9. The van der Waals surface area contributed by atoms with Crippen LogP contribution in [0.1, 0.15) is 0 Å². The molecule has 7 aromatic carbocycles. The van der Waals surface area contributed by atoms with Gasteiger partial charge in [-0.3, -0.25) is 3.97 Å². The minimum atomic E-state index is 1.25. The molecule has 4 heterocycles. The van der Waals surface area contributed by atoms with Gasteiger partial charge in [-0.15, -0.1) is 22.7 Å². The van der Waals surface area contributed by atoms with E-state index in [1.807, 2.05) is 34.6 Å². The Kier molecular flexibility index (Phi) is 5.14. The average Bonchev–Trinajstić information content (AvgIpc) is 3.77. The van der Waals surface area contributed by atoms with Crippen LogP contribution in [-0.2, 0) is 0 Å². The first-order valence-electron chi connectivity index (χ1n) is 15.5. The molecule has 0 aliphatic carbocycles. The summed E-state index contributed by atoms with van der Waals surface area (Å²) in [6.07, 6.45) is 0. The van der Waals surface area contributed by atoms with Gasteiger partial charge < -0.3 is 0 Å². The fourth-order valence-corrected chi connectivity index (χ4v) is 10.8. The smallest absolute Gasteiger partial charge is 0.0687 e. The summed E-state index contributed by atoms with van der Waals surface area (Å²) in [6, 6.07) is 52.3. The Morgan fingerprint density at radius 3 is 1.63 bits per heavy atom. The maximum absolute atomic E-state index is 2.46. The molecule has 0 radical (unpaired) electrons. The van der Waals surface area contributed by atoms with Gasteiger partial charge in [0.25, 0.3) is 0 Å². The molecule has 0 N–H and O–H groups in total. The molecule has 0 atom stereocenters. The Morgan fingerprint density at radius 1 is 0.370 bits per heavy atom. The molecule has 0 fully saturated rings. The Balaban J connectivity index is 1.17. The van der Waals surface area contributed by atoms with Gasteiger partial charge in [-0.2, -0.15) is 0 Å². The van der Waals surface area contributed by atoms with E-state index in [-0.39, 0.29) is 0 Å². The van der Waals surface area contributed by atoms with Crippen molar-refractivity contribution in [1.29, 1.82) is 0 Å². The van der Waals surface area contributed by atoms with E-state index in [0.29, 0.717) is 0 Å². The van der Waals surface area contributed by atoms with Crippen LogP contribution in [0.2, 0.25) is 0 Å². The van der Waals surface area contributed by atoms with Gasteiger partial charge in [-0.05, 0) is 106 Å². The van der Waals surface area contributed by atoms with Crippen molar-refractivity contribution < 1.29 is 0 Å². The number of hydrogen-bond donors (Lipinski definition) is 0. The summed E-state index contributed by atoms with van der Waals surface area (Å²) in [6.45, 7) is 0. The van der Waals surface area contributed by atoms with Crippen LogP contribution in [0.15, 0.2) is 144 Å². The third-order valence-electron chi connectivity index (χ3n) is 9.61. The van der Waals surface area contributed by atoms with Crippen LogP contribution in [0.5, 0.6) is 0 Å². The van der Waals surface area contributed by atoms with E-state index < -0.39 is 0 Å². The first-order valence-corrected chi connectivity index (χ1v) is 17.9. The summed E-state index contributed by atoms with van der Waals surface area (Å²) in [5.74, 6) is 0. The van der Waals surface area contributed by atoms with Crippen LogP contribution in [0.25, 0.3) is 95.5 Å². The van der Waals surface area contributed by atoms with Gasteiger partial charge in [0.2, 0.25) is 0 Å². The predicted octanol–water partition coefficient (Wildman–Crippen LogP) is 13.4. The highest BCUT2D eigenvalue weighted by molar-refractivity contribution is 7.98. The van der Waals surface area contributed by atoms with Crippen molar-refractivity contribution in [3.05, 3.63) is 140 Å². The van der Waals surface area contributed by atoms with Crippen molar-refractivity contribution in [2.45, 2.75) is 4.90 Å². The SMILES string of the molecule is c1ccc2c(c1)Sn1c3ccc(-c4ccc5sc6ccccc6c5c4)cc3c3cc(-c4ccc5sc6ccccc6c5c4)cc-2c31. The topological polar surface area (TPSA) is 4.93 Å². The minimum absolute atomic E-state index is 1.25. The lowest BCUT2D eigenvalue weighted by molar-refractivity contribution is 1.33. The van der Waals surface area contributed by atoms with Crippen LogP contribution < -0.4 is 0 Å². The van der Waals surface area contributed by atoms with E-state index in [2.05, 4.69) is 143 Å². The van der Waals surface area contributed by atoms with Gasteiger partial charge in [-0.1, -0.05) is 72.8 Å². The van der Waals surface area contributed by atoms with Gasteiger partial charge >= 0.3 is 0 Å². The molecule has 11 rings (SSSR count). The van der Waals surface area contributed by atoms with E-state index in [0.717, 1.165) is 0 Å². The van der Waals surface area contributed by atoms with Crippen molar-refractivity contribution in [1.82, 2.24) is 3.97 Å². The van der Waals surface area contributed by atoms with Crippen molar-refractivity contribution in [2.75, 3.05) is 0 Å². The summed E-state index contributed by atoms with van der Waals surface area (Å²) in [4.78, 5) is 1.30. The molecule has 0 saturated heterocycles. The summed E-state index contributed by atoms with van der Waals surface area (Å²) in [5, 5.41) is 7.96. The molecular weight excluding hydrogens is 615 g/mol. The Hall–Kier alpha value is -4.87. The maximum atomic E-state index is 2.46. The van der Waals surface area contributed by atoms with E-state index in [1.54, 1.807) is 0 Å². The van der Waals surface area contributed by atoms with Crippen LogP contribution in [-0.4, -0.2) is 3.97 Å². The number of rotatable bonds is 2. The summed E-state index contributed by atoms with van der Waals surface area (Å²) in [7, 11) is 0. The van der Waals surface area contributed by atoms with Crippen molar-refractivity contribution in [3.63, 3.8) is 0 Å². The zero-order valence-electron chi connectivity index (χ0n) is 24.5. The average molecular weight is 638 g/mol. The summed E-state index contributed by atoms with van der Waals surface area (Å²) in [5.41, 5.74) is 10.2. The molecule has 4 heteroatoms. The quantitative estimate of drug-likeness (QED) is 0.183. The molecule has 3 aromatic heterocycles. The third kappa shape index (κ3) is 3.52. The first kappa shape index (κ1) is 25.3. The van der Waals surface area contributed by atoms with Crippen molar-refractivity contribution >= 4 is 96.8 Å². The van der Waals surface area contributed by atoms with Gasteiger partial charge in [0.1, 0.15) is 0 Å². The summed E-state index contributed by atoms with van der Waals surface area (Å²) >= 11 is 5.59. The van der Waals surface area contributed by atoms with E-state index in [9.17, 15) is 0 Å². The molecule has 0 saturated carbocycles. The Bertz CT molecular complexity index is 2900.